The Morgan fingerprint density at radius 2 is 2.06 bits per heavy atom. The lowest BCUT2D eigenvalue weighted by molar-refractivity contribution is 0.544. The number of nitrogens with one attached hydrogen (secondary N) is 1. The van der Waals surface area contributed by atoms with Crippen LogP contribution in [0.15, 0.2) is 36.5 Å². The van der Waals surface area contributed by atoms with Crippen LogP contribution < -0.4 is 5.32 Å². The van der Waals surface area contributed by atoms with Crippen molar-refractivity contribution in [3.63, 3.8) is 0 Å². The summed E-state index contributed by atoms with van der Waals surface area (Å²) in [6, 6.07) is 11.1. The molecule has 1 heterocycles. The van der Waals surface area contributed by atoms with Crippen molar-refractivity contribution in [3.8, 4) is 0 Å². The lowest BCUT2D eigenvalue weighted by Crippen LogP contribution is -2.27. The Hall–Kier alpha value is -1.19. The highest BCUT2D eigenvalue weighted by Gasteiger charge is 2.05. The van der Waals surface area contributed by atoms with E-state index in [1.165, 1.54) is 15.4 Å². The first kappa shape index (κ1) is 13.2. The highest BCUT2D eigenvalue weighted by molar-refractivity contribution is 7.11. The minimum atomic E-state index is 0.473. The number of hydrogen-bond donors (Lipinski definition) is 1. The summed E-state index contributed by atoms with van der Waals surface area (Å²) in [7, 11) is 0. The van der Waals surface area contributed by atoms with Crippen molar-refractivity contribution < 1.29 is 0 Å². The third-order valence-electron chi connectivity index (χ3n) is 2.94. The molecule has 2 nitrogen and oxygen atoms in total. The van der Waals surface area contributed by atoms with Crippen LogP contribution in [0.3, 0.4) is 0 Å². The fourth-order valence-electron chi connectivity index (χ4n) is 1.89. The lowest BCUT2D eigenvalue weighted by Gasteiger charge is -2.12. The molecule has 0 radical (unpaired) electrons. The van der Waals surface area contributed by atoms with Crippen LogP contribution in [0.2, 0.25) is 0 Å². The average molecular weight is 260 g/mol. The summed E-state index contributed by atoms with van der Waals surface area (Å²) in [5.74, 6) is 0. The summed E-state index contributed by atoms with van der Waals surface area (Å²) >= 11 is 1.81. The van der Waals surface area contributed by atoms with Gasteiger partial charge in [0.2, 0.25) is 0 Å². The number of nitrogens with zero attached hydrogens (tertiary/aromatic N) is 1. The maximum atomic E-state index is 4.42. The molecular weight excluding hydrogens is 240 g/mol. The monoisotopic (exact) mass is 260 g/mol. The van der Waals surface area contributed by atoms with Crippen LogP contribution in [0, 0.1) is 0 Å². The first-order valence-electron chi connectivity index (χ1n) is 6.49. The van der Waals surface area contributed by atoms with E-state index in [4.69, 9.17) is 0 Å². The third kappa shape index (κ3) is 3.93. The molecule has 0 aliphatic heterocycles. The van der Waals surface area contributed by atoms with E-state index in [-0.39, 0.29) is 0 Å². The van der Waals surface area contributed by atoms with Crippen molar-refractivity contribution in [2.45, 2.75) is 39.3 Å². The number of thiazole rings is 1. The van der Waals surface area contributed by atoms with Crippen molar-refractivity contribution in [1.29, 1.82) is 0 Å². The lowest BCUT2D eigenvalue weighted by atomic mass is 10.1. The molecule has 96 valence electrons. The van der Waals surface area contributed by atoms with Gasteiger partial charge in [0.15, 0.2) is 0 Å². The van der Waals surface area contributed by atoms with Crippen molar-refractivity contribution in [2.75, 3.05) is 0 Å². The summed E-state index contributed by atoms with van der Waals surface area (Å²) in [5.41, 5.74) is 1.38. The molecule has 0 bridgehead atoms. The van der Waals surface area contributed by atoms with Crippen molar-refractivity contribution in [3.05, 3.63) is 52.0 Å². The van der Waals surface area contributed by atoms with Gasteiger partial charge in [-0.1, -0.05) is 37.3 Å². The van der Waals surface area contributed by atoms with Gasteiger partial charge in [0, 0.05) is 23.7 Å². The van der Waals surface area contributed by atoms with Gasteiger partial charge in [-0.15, -0.1) is 11.3 Å². The highest BCUT2D eigenvalue weighted by atomic mass is 32.1. The second-order valence-electron chi connectivity index (χ2n) is 4.55. The van der Waals surface area contributed by atoms with E-state index in [1.54, 1.807) is 0 Å². The van der Waals surface area contributed by atoms with Crippen LogP contribution >= 0.6 is 11.3 Å². The quantitative estimate of drug-likeness (QED) is 0.860. The summed E-state index contributed by atoms with van der Waals surface area (Å²) in [6.45, 7) is 5.27. The molecule has 1 unspecified atom stereocenters. The van der Waals surface area contributed by atoms with Crippen LogP contribution in [0.4, 0.5) is 0 Å². The Balaban J connectivity index is 1.79. The smallest absolute Gasteiger partial charge is 0.107 e. The van der Waals surface area contributed by atoms with Gasteiger partial charge in [0.1, 0.15) is 5.01 Å². The van der Waals surface area contributed by atoms with Crippen molar-refractivity contribution >= 4 is 11.3 Å². The third-order valence-corrected chi connectivity index (χ3v) is 4.08. The summed E-state index contributed by atoms with van der Waals surface area (Å²) in [6.07, 6.45) is 4.13. The molecule has 0 saturated carbocycles. The van der Waals surface area contributed by atoms with Crippen molar-refractivity contribution in [2.24, 2.45) is 0 Å². The van der Waals surface area contributed by atoms with E-state index < -0.39 is 0 Å². The zero-order valence-corrected chi connectivity index (χ0v) is 11.8. The second kappa shape index (κ2) is 6.66. The Morgan fingerprint density at radius 1 is 1.28 bits per heavy atom. The highest BCUT2D eigenvalue weighted by Crippen LogP contribution is 2.13. The maximum Gasteiger partial charge on any atom is 0.107 e. The Morgan fingerprint density at radius 3 is 2.72 bits per heavy atom. The first-order chi connectivity index (χ1) is 8.78. The minimum Gasteiger partial charge on any atom is -0.308 e. The van der Waals surface area contributed by atoms with E-state index >= 15 is 0 Å². The molecule has 3 heteroatoms. The topological polar surface area (TPSA) is 24.9 Å². The van der Waals surface area contributed by atoms with Gasteiger partial charge in [-0.2, -0.15) is 0 Å². The number of benzene rings is 1. The number of hydrogen-bond acceptors (Lipinski definition) is 3. The standard InChI is InChI=1S/C15H20N2S/c1-3-14-10-17-15(18-14)11-16-12(2)9-13-7-5-4-6-8-13/h4-8,10,12,16H,3,9,11H2,1-2H3. The van der Waals surface area contributed by atoms with Gasteiger partial charge < -0.3 is 5.32 Å². The van der Waals surface area contributed by atoms with E-state index in [0.717, 1.165) is 19.4 Å². The molecule has 0 amide bonds. The molecule has 0 fully saturated rings. The van der Waals surface area contributed by atoms with Crippen LogP contribution in [0.25, 0.3) is 0 Å². The van der Waals surface area contributed by atoms with Gasteiger partial charge in [0.05, 0.1) is 0 Å². The fraction of sp³-hybridized carbons (Fsp3) is 0.400. The van der Waals surface area contributed by atoms with Crippen LogP contribution in [-0.2, 0) is 19.4 Å². The number of aryl methyl sites for hydroxylation is 1. The normalized spacial score (nSPS) is 12.6. The van der Waals surface area contributed by atoms with E-state index in [2.05, 4.69) is 54.5 Å². The molecule has 1 atom stereocenters. The minimum absolute atomic E-state index is 0.473. The SMILES string of the molecule is CCc1cnc(CNC(C)Cc2ccccc2)s1. The largest absolute Gasteiger partial charge is 0.308 e. The molecule has 1 N–H and O–H groups in total. The van der Waals surface area contributed by atoms with E-state index in [1.807, 2.05) is 17.5 Å². The van der Waals surface area contributed by atoms with E-state index in [9.17, 15) is 0 Å². The van der Waals surface area contributed by atoms with Gasteiger partial charge in [-0.3, -0.25) is 0 Å². The molecule has 0 spiro atoms. The van der Waals surface area contributed by atoms with Gasteiger partial charge in [-0.05, 0) is 25.3 Å². The molecule has 18 heavy (non-hydrogen) atoms. The predicted octanol–water partition coefficient (Wildman–Crippen LogP) is 3.43. The fourth-order valence-corrected chi connectivity index (χ4v) is 2.71. The molecule has 1 aromatic carbocycles. The Labute approximate surface area is 113 Å². The van der Waals surface area contributed by atoms with Gasteiger partial charge in [0.25, 0.3) is 0 Å². The van der Waals surface area contributed by atoms with Crippen LogP contribution in [0.1, 0.15) is 29.3 Å². The van der Waals surface area contributed by atoms with Crippen LogP contribution in [-0.4, -0.2) is 11.0 Å². The zero-order chi connectivity index (χ0) is 12.8. The predicted molar refractivity (Wildman–Crippen MR) is 77.9 cm³/mol. The molecule has 2 aromatic rings. The molecule has 1 aromatic heterocycles. The molecule has 2 rings (SSSR count). The average Bonchev–Trinajstić information content (AvgIpc) is 2.85. The molecule has 0 aliphatic carbocycles. The molecular formula is C15H20N2S. The maximum absolute atomic E-state index is 4.42. The Kier molecular flexibility index (Phi) is 4.90. The zero-order valence-electron chi connectivity index (χ0n) is 11.0. The van der Waals surface area contributed by atoms with Gasteiger partial charge >= 0.3 is 0 Å². The summed E-state index contributed by atoms with van der Waals surface area (Å²) in [5, 5.41) is 4.72. The number of rotatable bonds is 6. The Bertz CT molecular complexity index is 464. The summed E-state index contributed by atoms with van der Waals surface area (Å²) < 4.78 is 0. The van der Waals surface area contributed by atoms with E-state index in [0.29, 0.717) is 6.04 Å². The summed E-state index contributed by atoms with van der Waals surface area (Å²) in [4.78, 5) is 5.79. The first-order valence-corrected chi connectivity index (χ1v) is 7.30. The molecule has 0 saturated heterocycles. The van der Waals surface area contributed by atoms with Gasteiger partial charge in [-0.25, -0.2) is 4.98 Å². The van der Waals surface area contributed by atoms with Crippen molar-refractivity contribution in [1.82, 2.24) is 10.3 Å². The molecule has 0 aliphatic rings. The number of aromatic nitrogens is 1. The second-order valence-corrected chi connectivity index (χ2v) is 5.75. The van der Waals surface area contributed by atoms with Crippen LogP contribution in [0.5, 0.6) is 0 Å².